The van der Waals surface area contributed by atoms with E-state index in [1.54, 1.807) is 0 Å². The van der Waals surface area contributed by atoms with Gasteiger partial charge in [0, 0.05) is 19.8 Å². The molecule has 0 saturated carbocycles. The van der Waals surface area contributed by atoms with Crippen LogP contribution in [0.25, 0.3) is 0 Å². The van der Waals surface area contributed by atoms with Crippen molar-refractivity contribution in [2.45, 2.75) is 264 Å². The van der Waals surface area contributed by atoms with Crippen LogP contribution in [-0.2, 0) is 23.1 Å². The number of thioether (sulfide) groups is 1. The van der Waals surface area contributed by atoms with E-state index >= 15 is 0 Å². The van der Waals surface area contributed by atoms with Gasteiger partial charge in [0.15, 0.2) is 0 Å². The predicted octanol–water partition coefficient (Wildman–Crippen LogP) is 15.0. The molecule has 59 heavy (non-hydrogen) atoms. The number of unbranched alkanes of at least 4 members (excludes halogenated alkanes) is 24. The molecule has 0 rings (SSSR count). The summed E-state index contributed by atoms with van der Waals surface area (Å²) in [5, 5.41) is 9.38. The zero-order chi connectivity index (χ0) is 43.3. The fourth-order valence-corrected chi connectivity index (χ4v) is 10.3. The summed E-state index contributed by atoms with van der Waals surface area (Å²) in [7, 11) is -2.24. The molecule has 2 unspecified atom stereocenters. The van der Waals surface area contributed by atoms with Gasteiger partial charge in [0.1, 0.15) is 11.5 Å². The Morgan fingerprint density at radius 1 is 0.525 bits per heavy atom. The quantitative estimate of drug-likeness (QED) is 0.0280. The Morgan fingerprint density at radius 3 is 1.54 bits per heavy atom. The molecule has 7 nitrogen and oxygen atoms in total. The highest BCUT2D eigenvalue weighted by molar-refractivity contribution is 8.00. The van der Waals surface area contributed by atoms with Crippen molar-refractivity contribution in [2.24, 2.45) is 0 Å². The van der Waals surface area contributed by atoms with Crippen LogP contribution >= 0.6 is 11.8 Å². The fraction of sp³-hybridized carbons (Fsp3) is 0.980. The second-order valence-electron chi connectivity index (χ2n) is 17.9. The molecule has 0 radical (unpaired) electrons. The van der Waals surface area contributed by atoms with Crippen molar-refractivity contribution < 1.29 is 28.2 Å². The van der Waals surface area contributed by atoms with Crippen LogP contribution in [0.1, 0.15) is 240 Å². The summed E-state index contributed by atoms with van der Waals surface area (Å²) < 4.78 is 25.1. The van der Waals surface area contributed by atoms with E-state index in [9.17, 15) is 9.90 Å². The summed E-state index contributed by atoms with van der Waals surface area (Å²) in [6.45, 7) is 19.1. The molecule has 0 spiro atoms. The first-order valence-electron chi connectivity index (χ1n) is 25.9. The minimum Gasteiger partial charge on any atom is -0.465 e. The molecule has 0 aromatic rings. The molecular formula is C50H103NO6SSi. The van der Waals surface area contributed by atoms with Crippen LogP contribution in [0.3, 0.4) is 0 Å². The molecule has 0 saturated heterocycles. The Morgan fingerprint density at radius 2 is 0.983 bits per heavy atom. The van der Waals surface area contributed by atoms with E-state index in [0.29, 0.717) is 6.61 Å². The van der Waals surface area contributed by atoms with Gasteiger partial charge in [-0.1, -0.05) is 169 Å². The van der Waals surface area contributed by atoms with E-state index < -0.39 is 8.56 Å². The molecule has 9 heteroatoms. The van der Waals surface area contributed by atoms with E-state index in [1.807, 2.05) is 11.8 Å². The monoisotopic (exact) mass is 874 g/mol. The van der Waals surface area contributed by atoms with Crippen LogP contribution in [0, 0.1) is 0 Å². The zero-order valence-corrected chi connectivity index (χ0v) is 42.3. The molecule has 2 atom stereocenters. The van der Waals surface area contributed by atoms with Crippen LogP contribution in [0.15, 0.2) is 0 Å². The Labute approximate surface area is 374 Å². The summed E-state index contributed by atoms with van der Waals surface area (Å²) in [5.74, 6) is 1.09. The molecule has 0 fully saturated rings. The lowest BCUT2D eigenvalue weighted by atomic mass is 10.1. The third-order valence-electron chi connectivity index (χ3n) is 11.5. The first kappa shape index (κ1) is 58.8. The molecule has 0 amide bonds. The first-order valence-corrected chi connectivity index (χ1v) is 29.7. The molecular weight excluding hydrogens is 771 g/mol. The number of aliphatic hydroxyl groups excluding tert-OH is 1. The van der Waals surface area contributed by atoms with Crippen LogP contribution in [0.2, 0.25) is 13.1 Å². The van der Waals surface area contributed by atoms with E-state index in [4.69, 9.17) is 18.3 Å². The number of hydrogen-bond donors (Lipinski definition) is 1. The molecule has 0 aliphatic heterocycles. The third kappa shape index (κ3) is 41.6. The smallest absolute Gasteiger partial charge is 0.333 e. The van der Waals surface area contributed by atoms with Crippen molar-refractivity contribution in [3.8, 4) is 0 Å². The zero-order valence-electron chi connectivity index (χ0n) is 40.5. The number of nitrogens with zero attached hydrogens (tertiary/aromatic N) is 1. The van der Waals surface area contributed by atoms with Gasteiger partial charge in [-0.15, -0.1) is 11.8 Å². The second kappa shape index (κ2) is 45.8. The number of esters is 1. The highest BCUT2D eigenvalue weighted by atomic mass is 32.2. The highest BCUT2D eigenvalue weighted by Crippen LogP contribution is 2.22. The van der Waals surface area contributed by atoms with Crippen molar-refractivity contribution in [1.29, 1.82) is 0 Å². The minimum atomic E-state index is -2.24. The average molecular weight is 875 g/mol. The number of rotatable bonds is 49. The maximum atomic E-state index is 12.9. The van der Waals surface area contributed by atoms with Crippen molar-refractivity contribution >= 4 is 26.3 Å². The predicted molar refractivity (Wildman–Crippen MR) is 260 cm³/mol. The summed E-state index contributed by atoms with van der Waals surface area (Å²) in [6.07, 6.45) is 39.6. The van der Waals surface area contributed by atoms with Crippen molar-refractivity contribution in [3.63, 3.8) is 0 Å². The van der Waals surface area contributed by atoms with E-state index in [2.05, 4.69) is 45.7 Å². The summed E-state index contributed by atoms with van der Waals surface area (Å²) in [4.78, 5) is 15.5. The van der Waals surface area contributed by atoms with Crippen LogP contribution < -0.4 is 0 Å². The van der Waals surface area contributed by atoms with Gasteiger partial charge in [-0.25, -0.2) is 0 Å². The Hall–Kier alpha value is -0.163. The molecule has 1 N–H and O–H groups in total. The minimum absolute atomic E-state index is 0.00827. The number of carbonyl (C=O) groups excluding carboxylic acids is 1. The lowest BCUT2D eigenvalue weighted by molar-refractivity contribution is -0.143. The molecule has 0 bridgehead atoms. The maximum Gasteiger partial charge on any atom is 0.333 e. The molecule has 0 aromatic heterocycles. The van der Waals surface area contributed by atoms with Gasteiger partial charge in [0.05, 0.1) is 6.61 Å². The van der Waals surface area contributed by atoms with E-state index in [0.717, 1.165) is 109 Å². The number of aliphatic hydroxyl groups is 1. The largest absolute Gasteiger partial charge is 0.465 e. The third-order valence-corrected chi connectivity index (χ3v) is 14.6. The molecule has 354 valence electrons. The van der Waals surface area contributed by atoms with E-state index in [1.165, 1.54) is 141 Å². The van der Waals surface area contributed by atoms with Gasteiger partial charge in [0.2, 0.25) is 0 Å². The number of carbonyl (C=O) groups is 1. The van der Waals surface area contributed by atoms with Crippen LogP contribution in [-0.4, -0.2) is 87.9 Å². The van der Waals surface area contributed by atoms with Gasteiger partial charge in [-0.2, -0.15) is 0 Å². The SMILES string of the molecule is CCCCCCCCCCSC(CCCC)C(=O)OCCCCCCN(CCCCO)CCCCCCOC(CCCCCCC)O[Si](C)(C)OCCCCCCCC. The highest BCUT2D eigenvalue weighted by Gasteiger charge is 2.29. The summed E-state index contributed by atoms with van der Waals surface area (Å²) >= 11 is 1.84. The standard InChI is InChI=1S/C50H103NO6SSi/c1-7-11-15-18-20-21-28-37-47-58-48(38-14-10-4)50(53)55-45-35-27-24-31-41-51(42-32-33-43-52)40-30-23-26-34-44-54-49(39-29-22-17-13-9-3)57-59(5,6)56-46-36-25-19-16-12-8-2/h48-49,52H,7-47H2,1-6H3. The van der Waals surface area contributed by atoms with Crippen molar-refractivity contribution in [2.75, 3.05) is 51.8 Å². The summed E-state index contributed by atoms with van der Waals surface area (Å²) in [5.41, 5.74) is 0. The van der Waals surface area contributed by atoms with Crippen LogP contribution in [0.4, 0.5) is 0 Å². The molecule has 0 heterocycles. The molecule has 0 aromatic carbocycles. The van der Waals surface area contributed by atoms with Gasteiger partial charge >= 0.3 is 14.5 Å². The average Bonchev–Trinajstić information content (AvgIpc) is 3.22. The van der Waals surface area contributed by atoms with Gasteiger partial charge in [-0.05, 0) is 109 Å². The van der Waals surface area contributed by atoms with Crippen molar-refractivity contribution in [1.82, 2.24) is 4.90 Å². The van der Waals surface area contributed by atoms with E-state index in [-0.39, 0.29) is 24.1 Å². The lowest BCUT2D eigenvalue weighted by Crippen LogP contribution is -2.40. The summed E-state index contributed by atoms with van der Waals surface area (Å²) in [6, 6.07) is 0. The fourth-order valence-electron chi connectivity index (χ4n) is 7.61. The molecule has 0 aliphatic carbocycles. The Balaban J connectivity index is 4.43. The van der Waals surface area contributed by atoms with Crippen molar-refractivity contribution in [3.05, 3.63) is 0 Å². The maximum absolute atomic E-state index is 12.9. The Bertz CT molecular complexity index is 854. The second-order valence-corrected chi connectivity index (χ2v) is 22.5. The van der Waals surface area contributed by atoms with Gasteiger partial charge < -0.3 is 28.3 Å². The van der Waals surface area contributed by atoms with Crippen LogP contribution in [0.5, 0.6) is 0 Å². The number of hydrogen-bond acceptors (Lipinski definition) is 8. The first-order chi connectivity index (χ1) is 28.8. The normalized spacial score (nSPS) is 13.1. The van der Waals surface area contributed by atoms with Gasteiger partial charge in [0.25, 0.3) is 0 Å². The topological polar surface area (TPSA) is 77.5 Å². The lowest BCUT2D eigenvalue weighted by Gasteiger charge is -2.29. The molecule has 0 aliphatic rings. The number of ether oxygens (including phenoxy) is 2. The Kier molecular flexibility index (Phi) is 45.7. The van der Waals surface area contributed by atoms with Gasteiger partial charge in [-0.3, -0.25) is 4.79 Å².